The smallest absolute Gasteiger partial charge is 0.268 e. The molecule has 0 bridgehead atoms. The van der Waals surface area contributed by atoms with Crippen LogP contribution in [0.5, 0.6) is 0 Å². The van der Waals surface area contributed by atoms with Crippen LogP contribution in [-0.4, -0.2) is 12.4 Å². The third-order valence-corrected chi connectivity index (χ3v) is 6.64. The highest BCUT2D eigenvalue weighted by atomic mass is 32.2. The van der Waals surface area contributed by atoms with E-state index in [1.54, 1.807) is 30.5 Å². The van der Waals surface area contributed by atoms with Crippen molar-refractivity contribution in [2.24, 2.45) is 0 Å². The third kappa shape index (κ3) is 3.59. The van der Waals surface area contributed by atoms with Gasteiger partial charge in [0.2, 0.25) is 0 Å². The predicted molar refractivity (Wildman–Crippen MR) is 113 cm³/mol. The number of aromatic nitrogens is 1. The van der Waals surface area contributed by atoms with Gasteiger partial charge in [-0.2, -0.15) is 0 Å². The molecular weight excluding hydrogens is 368 g/mol. The fourth-order valence-electron chi connectivity index (χ4n) is 3.31. The van der Waals surface area contributed by atoms with Crippen molar-refractivity contribution in [3.8, 4) is 0 Å². The number of nitrogens with one attached hydrogen (secondary N) is 1. The Morgan fingerprint density at radius 1 is 0.893 bits per heavy atom. The molecule has 28 heavy (non-hydrogen) atoms. The summed E-state index contributed by atoms with van der Waals surface area (Å²) in [5.41, 5.74) is 3.04. The molecule has 0 fully saturated rings. The largest absolute Gasteiger partial charge is 0.306 e. The molecule has 0 spiro atoms. The van der Waals surface area contributed by atoms with E-state index in [0.29, 0.717) is 5.52 Å². The van der Waals surface area contributed by atoms with Gasteiger partial charge in [-0.1, -0.05) is 54.6 Å². The van der Waals surface area contributed by atoms with E-state index in [0.717, 1.165) is 17.5 Å². The standard InChI is InChI=1S/C23H22N2O2S/c1-18(24-17-19-8-4-2-5-9-19)20-12-13-23-21(16-20)14-15-25(23)28(26,27)22-10-6-3-7-11-22/h2-16,18,24H,17H2,1H3/t18-/m0/s1. The van der Waals surface area contributed by atoms with Crippen LogP contribution in [-0.2, 0) is 16.6 Å². The van der Waals surface area contributed by atoms with Crippen molar-refractivity contribution < 1.29 is 8.42 Å². The van der Waals surface area contributed by atoms with E-state index in [-0.39, 0.29) is 10.9 Å². The molecular formula is C23H22N2O2S. The quantitative estimate of drug-likeness (QED) is 0.518. The van der Waals surface area contributed by atoms with Gasteiger partial charge >= 0.3 is 0 Å². The lowest BCUT2D eigenvalue weighted by atomic mass is 10.1. The van der Waals surface area contributed by atoms with Crippen LogP contribution in [0.1, 0.15) is 24.1 Å². The summed E-state index contributed by atoms with van der Waals surface area (Å²) in [6, 6.07) is 26.7. The van der Waals surface area contributed by atoms with Gasteiger partial charge in [0.15, 0.2) is 0 Å². The van der Waals surface area contributed by atoms with Crippen LogP contribution < -0.4 is 5.32 Å². The van der Waals surface area contributed by atoms with Crippen LogP contribution in [0.3, 0.4) is 0 Å². The molecule has 5 heteroatoms. The topological polar surface area (TPSA) is 51.1 Å². The molecule has 1 N–H and O–H groups in total. The molecule has 0 amide bonds. The number of benzene rings is 3. The molecule has 4 nitrogen and oxygen atoms in total. The summed E-state index contributed by atoms with van der Waals surface area (Å²) >= 11 is 0. The second-order valence-electron chi connectivity index (χ2n) is 6.84. The molecule has 0 aliphatic rings. The van der Waals surface area contributed by atoms with E-state index < -0.39 is 10.0 Å². The molecule has 0 aliphatic carbocycles. The van der Waals surface area contributed by atoms with Gasteiger partial charge in [0.25, 0.3) is 10.0 Å². The minimum atomic E-state index is -3.60. The van der Waals surface area contributed by atoms with Crippen LogP contribution in [0.25, 0.3) is 10.9 Å². The lowest BCUT2D eigenvalue weighted by molar-refractivity contribution is 0.575. The minimum Gasteiger partial charge on any atom is -0.306 e. The summed E-state index contributed by atoms with van der Waals surface area (Å²) in [6.45, 7) is 2.89. The molecule has 1 atom stereocenters. The first-order chi connectivity index (χ1) is 13.6. The highest BCUT2D eigenvalue weighted by Crippen LogP contribution is 2.25. The molecule has 4 aromatic rings. The van der Waals surface area contributed by atoms with Crippen molar-refractivity contribution in [3.63, 3.8) is 0 Å². The first kappa shape index (κ1) is 18.5. The number of hydrogen-bond acceptors (Lipinski definition) is 3. The molecule has 4 rings (SSSR count). The zero-order valence-corrected chi connectivity index (χ0v) is 16.4. The van der Waals surface area contributed by atoms with Crippen LogP contribution in [0, 0.1) is 0 Å². The van der Waals surface area contributed by atoms with E-state index in [4.69, 9.17) is 0 Å². The zero-order valence-electron chi connectivity index (χ0n) is 15.6. The van der Waals surface area contributed by atoms with Crippen molar-refractivity contribution in [1.82, 2.24) is 9.29 Å². The van der Waals surface area contributed by atoms with Gasteiger partial charge in [-0.3, -0.25) is 0 Å². The molecule has 0 saturated heterocycles. The monoisotopic (exact) mass is 390 g/mol. The average molecular weight is 391 g/mol. The molecule has 142 valence electrons. The van der Waals surface area contributed by atoms with Gasteiger partial charge in [-0.15, -0.1) is 0 Å². The van der Waals surface area contributed by atoms with E-state index in [2.05, 4.69) is 30.4 Å². The van der Waals surface area contributed by atoms with E-state index >= 15 is 0 Å². The number of rotatable bonds is 6. The summed E-state index contributed by atoms with van der Waals surface area (Å²) < 4.78 is 27.2. The second-order valence-corrected chi connectivity index (χ2v) is 8.65. The van der Waals surface area contributed by atoms with Crippen LogP contribution in [0.2, 0.25) is 0 Å². The summed E-state index contributed by atoms with van der Waals surface area (Å²) in [4.78, 5) is 0.287. The fraction of sp³-hybridized carbons (Fsp3) is 0.130. The van der Waals surface area contributed by atoms with Gasteiger partial charge in [0.1, 0.15) is 0 Å². The van der Waals surface area contributed by atoms with Crippen molar-refractivity contribution in [1.29, 1.82) is 0 Å². The highest BCUT2D eigenvalue weighted by molar-refractivity contribution is 7.90. The van der Waals surface area contributed by atoms with Gasteiger partial charge in [-0.05, 0) is 48.4 Å². The van der Waals surface area contributed by atoms with E-state index in [1.165, 1.54) is 9.54 Å². The summed E-state index contributed by atoms with van der Waals surface area (Å²) in [6.07, 6.45) is 1.62. The molecule has 0 radical (unpaired) electrons. The first-order valence-corrected chi connectivity index (χ1v) is 10.7. The average Bonchev–Trinajstić information content (AvgIpc) is 3.17. The maximum absolute atomic E-state index is 12.9. The zero-order chi connectivity index (χ0) is 19.6. The molecule has 3 aromatic carbocycles. The normalized spacial score (nSPS) is 12.9. The van der Waals surface area contributed by atoms with Crippen LogP contribution >= 0.6 is 0 Å². The molecule has 0 aliphatic heterocycles. The van der Waals surface area contributed by atoms with Gasteiger partial charge in [0.05, 0.1) is 10.4 Å². The molecule has 0 saturated carbocycles. The molecule has 0 unspecified atom stereocenters. The Hall–Kier alpha value is -2.89. The van der Waals surface area contributed by atoms with Crippen molar-refractivity contribution in [2.75, 3.05) is 0 Å². The van der Waals surface area contributed by atoms with Gasteiger partial charge < -0.3 is 5.32 Å². The Balaban J connectivity index is 1.59. The summed E-state index contributed by atoms with van der Waals surface area (Å²) in [5, 5.41) is 4.43. The second kappa shape index (κ2) is 7.62. The Morgan fingerprint density at radius 2 is 1.57 bits per heavy atom. The minimum absolute atomic E-state index is 0.152. The Bertz CT molecular complexity index is 1180. The lowest BCUT2D eigenvalue weighted by Gasteiger charge is -2.15. The number of hydrogen-bond donors (Lipinski definition) is 1. The van der Waals surface area contributed by atoms with E-state index in [9.17, 15) is 8.42 Å². The SMILES string of the molecule is C[C@H](NCc1ccccc1)c1ccc2c(ccn2S(=O)(=O)c2ccccc2)c1. The van der Waals surface area contributed by atoms with E-state index in [1.807, 2.05) is 42.5 Å². The Kier molecular flexibility index (Phi) is 5.03. The Morgan fingerprint density at radius 3 is 2.29 bits per heavy atom. The summed E-state index contributed by atoms with van der Waals surface area (Å²) in [7, 11) is -3.60. The fourth-order valence-corrected chi connectivity index (χ4v) is 4.68. The maximum atomic E-state index is 12.9. The maximum Gasteiger partial charge on any atom is 0.268 e. The van der Waals surface area contributed by atoms with Gasteiger partial charge in [0, 0.05) is 24.2 Å². The summed E-state index contributed by atoms with van der Waals surface area (Å²) in [5.74, 6) is 0. The lowest BCUT2D eigenvalue weighted by Crippen LogP contribution is -2.18. The van der Waals surface area contributed by atoms with Crippen LogP contribution in [0.15, 0.2) is 96.0 Å². The van der Waals surface area contributed by atoms with Crippen molar-refractivity contribution in [2.45, 2.75) is 24.4 Å². The van der Waals surface area contributed by atoms with Crippen molar-refractivity contribution in [3.05, 3.63) is 102 Å². The number of fused-ring (bicyclic) bond motifs is 1. The molecule has 1 heterocycles. The number of nitrogens with zero attached hydrogens (tertiary/aromatic N) is 1. The predicted octanol–water partition coefficient (Wildman–Crippen LogP) is 4.73. The highest BCUT2D eigenvalue weighted by Gasteiger charge is 2.18. The molecule has 1 aromatic heterocycles. The third-order valence-electron chi connectivity index (χ3n) is 4.93. The van der Waals surface area contributed by atoms with Crippen LogP contribution in [0.4, 0.5) is 0 Å². The van der Waals surface area contributed by atoms with Gasteiger partial charge in [-0.25, -0.2) is 12.4 Å². The first-order valence-electron chi connectivity index (χ1n) is 9.25. The van der Waals surface area contributed by atoms with Crippen molar-refractivity contribution >= 4 is 20.9 Å². The Labute approximate surface area is 165 Å².